The summed E-state index contributed by atoms with van der Waals surface area (Å²) in [5, 5.41) is 0. The van der Waals surface area contributed by atoms with Crippen molar-refractivity contribution in [3.63, 3.8) is 0 Å². The number of nitrogens with zero attached hydrogens (tertiary/aromatic N) is 1. The largest absolute Gasteiger partial charge is 0.489 e. The number of anilines is 1. The van der Waals surface area contributed by atoms with E-state index in [1.165, 1.54) is 17.0 Å². The Morgan fingerprint density at radius 3 is 2.50 bits per heavy atom. The number of rotatable bonds is 8. The number of hydrogen-bond donors (Lipinski definition) is 0. The first-order chi connectivity index (χ1) is 16.4. The highest BCUT2D eigenvalue weighted by Crippen LogP contribution is 2.36. The predicted molar refractivity (Wildman–Crippen MR) is 130 cm³/mol. The quantitative estimate of drug-likeness (QED) is 0.449. The summed E-state index contributed by atoms with van der Waals surface area (Å²) in [5.74, 6) is 1.26. The molecule has 0 aromatic heterocycles. The molecule has 3 aromatic rings. The zero-order chi connectivity index (χ0) is 24.1. The van der Waals surface area contributed by atoms with Crippen LogP contribution in [0, 0.1) is 0 Å². The number of amides is 1. The number of carbonyl (C=O) groups excluding carboxylic acids is 1. The van der Waals surface area contributed by atoms with E-state index in [0.717, 1.165) is 11.8 Å². The van der Waals surface area contributed by atoms with Gasteiger partial charge in [0, 0.05) is 23.6 Å². The summed E-state index contributed by atoms with van der Waals surface area (Å²) in [4.78, 5) is 15.3. The Morgan fingerprint density at radius 1 is 1.03 bits per heavy atom. The molecule has 8 heteroatoms. The lowest BCUT2D eigenvalue weighted by Gasteiger charge is -2.27. The number of ether oxygens (including phenoxy) is 3. The van der Waals surface area contributed by atoms with Crippen molar-refractivity contribution < 1.29 is 27.4 Å². The average Bonchev–Trinajstić information content (AvgIpc) is 2.85. The van der Waals surface area contributed by atoms with Crippen LogP contribution in [-0.4, -0.2) is 40.4 Å². The molecule has 1 aliphatic rings. The summed E-state index contributed by atoms with van der Waals surface area (Å²) >= 11 is 0. The number of sulfone groups is 1. The highest BCUT2D eigenvalue weighted by atomic mass is 32.2. The Morgan fingerprint density at radius 2 is 1.74 bits per heavy atom. The van der Waals surface area contributed by atoms with Gasteiger partial charge < -0.3 is 19.1 Å². The van der Waals surface area contributed by atoms with E-state index in [-0.39, 0.29) is 17.0 Å². The maximum Gasteiger partial charge on any atom is 0.259 e. The molecule has 0 spiro atoms. The third-order valence-corrected chi connectivity index (χ3v) is 6.41. The van der Waals surface area contributed by atoms with E-state index in [0.29, 0.717) is 42.8 Å². The molecular weight excluding hydrogens is 454 g/mol. The van der Waals surface area contributed by atoms with Gasteiger partial charge in [0.05, 0.1) is 17.0 Å². The second kappa shape index (κ2) is 10.0. The Bertz CT molecular complexity index is 1320. The number of carbonyl (C=O) groups is 1. The van der Waals surface area contributed by atoms with Crippen LogP contribution >= 0.6 is 0 Å². The summed E-state index contributed by atoms with van der Waals surface area (Å²) in [7, 11) is -3.63. The van der Waals surface area contributed by atoms with Crippen molar-refractivity contribution in [2.75, 3.05) is 31.0 Å². The topological polar surface area (TPSA) is 82.1 Å². The lowest BCUT2D eigenvalue weighted by atomic mass is 10.1. The summed E-state index contributed by atoms with van der Waals surface area (Å²) in [6.07, 6.45) is 2.73. The van der Waals surface area contributed by atoms with Crippen LogP contribution in [0.1, 0.15) is 15.9 Å². The first-order valence-electron chi connectivity index (χ1n) is 10.7. The molecule has 4 rings (SSSR count). The molecule has 176 valence electrons. The molecule has 7 nitrogen and oxygen atoms in total. The molecule has 0 aliphatic carbocycles. The van der Waals surface area contributed by atoms with Crippen molar-refractivity contribution in [1.82, 2.24) is 0 Å². The van der Waals surface area contributed by atoms with E-state index in [4.69, 9.17) is 14.2 Å². The van der Waals surface area contributed by atoms with Crippen molar-refractivity contribution in [1.29, 1.82) is 0 Å². The molecule has 0 fully saturated rings. The van der Waals surface area contributed by atoms with Gasteiger partial charge in [-0.25, -0.2) is 8.42 Å². The first kappa shape index (κ1) is 23.4. The number of fused-ring (bicyclic) bond motifs is 1. The van der Waals surface area contributed by atoms with Gasteiger partial charge >= 0.3 is 0 Å². The van der Waals surface area contributed by atoms with Gasteiger partial charge in [0.15, 0.2) is 21.3 Å². The minimum absolute atomic E-state index is 0.0289. The van der Waals surface area contributed by atoms with Crippen molar-refractivity contribution in [3.8, 4) is 17.2 Å². The fourth-order valence-electron chi connectivity index (χ4n) is 3.69. The zero-order valence-electron chi connectivity index (χ0n) is 18.8. The zero-order valence-corrected chi connectivity index (χ0v) is 19.6. The molecule has 1 amide bonds. The van der Waals surface area contributed by atoms with Crippen LogP contribution in [0.15, 0.2) is 84.3 Å². The smallest absolute Gasteiger partial charge is 0.259 e. The number of benzene rings is 3. The normalized spacial score (nSPS) is 12.6. The highest BCUT2D eigenvalue weighted by Gasteiger charge is 2.26. The van der Waals surface area contributed by atoms with E-state index < -0.39 is 15.7 Å². The van der Waals surface area contributed by atoms with Crippen molar-refractivity contribution in [3.05, 3.63) is 90.5 Å². The molecule has 0 bridgehead atoms. The van der Waals surface area contributed by atoms with Crippen LogP contribution in [0.4, 0.5) is 5.69 Å². The van der Waals surface area contributed by atoms with Gasteiger partial charge in [-0.05, 0) is 30.3 Å². The van der Waals surface area contributed by atoms with Gasteiger partial charge in [-0.15, -0.1) is 0 Å². The highest BCUT2D eigenvalue weighted by molar-refractivity contribution is 7.90. The minimum atomic E-state index is -3.63. The summed E-state index contributed by atoms with van der Waals surface area (Å²) in [6.45, 7) is 4.99. The second-order valence-corrected chi connectivity index (χ2v) is 9.68. The number of para-hydroxylation sites is 1. The third-order valence-electron chi connectivity index (χ3n) is 5.26. The first-order valence-corrected chi connectivity index (χ1v) is 12.6. The molecule has 0 saturated heterocycles. The van der Waals surface area contributed by atoms with E-state index in [1.807, 2.05) is 24.3 Å². The molecule has 0 radical (unpaired) electrons. The number of hydrogen-bond acceptors (Lipinski definition) is 6. The van der Waals surface area contributed by atoms with E-state index in [9.17, 15) is 13.2 Å². The van der Waals surface area contributed by atoms with Crippen molar-refractivity contribution in [2.24, 2.45) is 0 Å². The summed E-state index contributed by atoms with van der Waals surface area (Å²) in [6, 6.07) is 18.8. The van der Waals surface area contributed by atoms with Gasteiger partial charge in [0.25, 0.3) is 5.91 Å². The van der Waals surface area contributed by atoms with Crippen LogP contribution in [0.3, 0.4) is 0 Å². The molecule has 1 heterocycles. The molecule has 0 saturated carbocycles. The average molecular weight is 480 g/mol. The van der Waals surface area contributed by atoms with E-state index >= 15 is 0 Å². The monoisotopic (exact) mass is 479 g/mol. The Kier molecular flexibility index (Phi) is 6.88. The summed E-state index contributed by atoms with van der Waals surface area (Å²) in [5.41, 5.74) is 1.38. The van der Waals surface area contributed by atoms with Gasteiger partial charge in [-0.2, -0.15) is 0 Å². The maximum absolute atomic E-state index is 13.8. The van der Waals surface area contributed by atoms with Gasteiger partial charge in [0.1, 0.15) is 25.6 Å². The lowest BCUT2D eigenvalue weighted by molar-refractivity contribution is 0.0981. The second-order valence-electron chi connectivity index (χ2n) is 7.69. The fourth-order valence-corrected chi connectivity index (χ4v) is 4.57. The Balaban J connectivity index is 1.80. The van der Waals surface area contributed by atoms with Crippen LogP contribution in [-0.2, 0) is 16.4 Å². The molecule has 1 aliphatic heterocycles. The van der Waals surface area contributed by atoms with E-state index in [2.05, 4.69) is 6.58 Å². The van der Waals surface area contributed by atoms with Crippen molar-refractivity contribution >= 4 is 21.4 Å². The standard InChI is InChI=1S/C26H25NO6S/c1-3-14-31-22-10-6-4-8-19(22)18-27(20-12-13-23-24(17-20)33-16-15-32-23)26(28)21-9-5-7-11-25(21)34(2,29)30/h3-13,17H,1,14-16,18H2,2H3. The molecule has 0 atom stereocenters. The van der Waals surface area contributed by atoms with Crippen LogP contribution in [0.5, 0.6) is 17.2 Å². The third kappa shape index (κ3) is 5.07. The van der Waals surface area contributed by atoms with Gasteiger partial charge in [-0.3, -0.25) is 4.79 Å². The minimum Gasteiger partial charge on any atom is -0.489 e. The van der Waals surface area contributed by atoms with Crippen LogP contribution in [0.25, 0.3) is 0 Å². The predicted octanol–water partition coefficient (Wildman–Crippen LogP) is 4.27. The van der Waals surface area contributed by atoms with Gasteiger partial charge in [0.2, 0.25) is 0 Å². The van der Waals surface area contributed by atoms with Crippen LogP contribution in [0.2, 0.25) is 0 Å². The lowest BCUT2D eigenvalue weighted by Crippen LogP contribution is -2.32. The molecular formula is C26H25NO6S. The Hall–Kier alpha value is -3.78. The fraction of sp³-hybridized carbons (Fsp3) is 0.192. The van der Waals surface area contributed by atoms with Crippen LogP contribution < -0.4 is 19.1 Å². The molecule has 0 unspecified atom stereocenters. The van der Waals surface area contributed by atoms with E-state index in [1.54, 1.807) is 36.4 Å². The Labute approximate surface area is 199 Å². The molecule has 0 N–H and O–H groups in total. The molecule has 3 aromatic carbocycles. The van der Waals surface area contributed by atoms with Crippen molar-refractivity contribution in [2.45, 2.75) is 11.4 Å². The molecule has 34 heavy (non-hydrogen) atoms. The SMILES string of the molecule is C=CCOc1ccccc1CN(C(=O)c1ccccc1S(C)(=O)=O)c1ccc2c(c1)OCCO2. The summed E-state index contributed by atoms with van der Waals surface area (Å²) < 4.78 is 41.9. The maximum atomic E-state index is 13.8. The van der Waals surface area contributed by atoms with Gasteiger partial charge in [-0.1, -0.05) is 43.0 Å².